The van der Waals surface area contributed by atoms with Crippen molar-refractivity contribution in [2.75, 3.05) is 5.32 Å². The van der Waals surface area contributed by atoms with Crippen LogP contribution in [0, 0.1) is 0 Å². The Morgan fingerprint density at radius 1 is 1.21 bits per heavy atom. The number of aromatic nitrogens is 2. The second-order valence-corrected chi connectivity index (χ2v) is 5.29. The Morgan fingerprint density at radius 2 is 2.11 bits per heavy atom. The SMILES string of the molecule is CCC(Nc1ccc2ccccc2n1)c1nccs1. The summed E-state index contributed by atoms with van der Waals surface area (Å²) in [6, 6.07) is 12.5. The number of para-hydroxylation sites is 1. The molecule has 4 heteroatoms. The molecule has 2 aromatic heterocycles. The van der Waals surface area contributed by atoms with E-state index in [-0.39, 0.29) is 6.04 Å². The molecule has 0 bridgehead atoms. The van der Waals surface area contributed by atoms with Crippen molar-refractivity contribution in [1.82, 2.24) is 9.97 Å². The molecule has 0 aliphatic rings. The normalized spacial score (nSPS) is 12.5. The van der Waals surface area contributed by atoms with Crippen LogP contribution in [0.5, 0.6) is 0 Å². The van der Waals surface area contributed by atoms with Gasteiger partial charge in [-0.25, -0.2) is 9.97 Å². The third kappa shape index (κ3) is 2.58. The van der Waals surface area contributed by atoms with E-state index < -0.39 is 0 Å². The van der Waals surface area contributed by atoms with Crippen LogP contribution in [0.1, 0.15) is 24.4 Å². The van der Waals surface area contributed by atoms with Gasteiger partial charge in [-0.15, -0.1) is 11.3 Å². The summed E-state index contributed by atoms with van der Waals surface area (Å²) in [5, 5.41) is 7.74. The number of rotatable bonds is 4. The smallest absolute Gasteiger partial charge is 0.127 e. The summed E-state index contributed by atoms with van der Waals surface area (Å²) < 4.78 is 0. The Hall–Kier alpha value is -1.94. The van der Waals surface area contributed by atoms with E-state index >= 15 is 0 Å². The number of hydrogen-bond donors (Lipinski definition) is 1. The Labute approximate surface area is 116 Å². The number of anilines is 1. The fourth-order valence-electron chi connectivity index (χ4n) is 2.07. The van der Waals surface area contributed by atoms with E-state index in [9.17, 15) is 0 Å². The molecule has 96 valence electrons. The highest BCUT2D eigenvalue weighted by Crippen LogP contribution is 2.24. The van der Waals surface area contributed by atoms with Crippen LogP contribution in [0.2, 0.25) is 0 Å². The van der Waals surface area contributed by atoms with Crippen LogP contribution >= 0.6 is 11.3 Å². The molecule has 2 heterocycles. The highest BCUT2D eigenvalue weighted by molar-refractivity contribution is 7.09. The predicted octanol–water partition coefficient (Wildman–Crippen LogP) is 4.25. The molecule has 0 spiro atoms. The first-order chi connectivity index (χ1) is 9.36. The fourth-order valence-corrected chi connectivity index (χ4v) is 2.84. The topological polar surface area (TPSA) is 37.8 Å². The molecule has 1 N–H and O–H groups in total. The van der Waals surface area contributed by atoms with Gasteiger partial charge < -0.3 is 5.32 Å². The average Bonchev–Trinajstić information content (AvgIpc) is 2.98. The van der Waals surface area contributed by atoms with Crippen molar-refractivity contribution in [2.45, 2.75) is 19.4 Å². The maximum Gasteiger partial charge on any atom is 0.127 e. The van der Waals surface area contributed by atoms with Gasteiger partial charge in [0, 0.05) is 17.0 Å². The van der Waals surface area contributed by atoms with Crippen molar-refractivity contribution in [3.05, 3.63) is 53.0 Å². The number of benzene rings is 1. The zero-order valence-corrected chi connectivity index (χ0v) is 11.5. The Bertz CT molecular complexity index is 664. The van der Waals surface area contributed by atoms with Gasteiger partial charge in [-0.2, -0.15) is 0 Å². The van der Waals surface area contributed by atoms with E-state index in [2.05, 4.69) is 34.3 Å². The zero-order valence-electron chi connectivity index (χ0n) is 10.7. The maximum absolute atomic E-state index is 4.64. The molecule has 0 saturated heterocycles. The van der Waals surface area contributed by atoms with Gasteiger partial charge in [0.1, 0.15) is 10.8 Å². The predicted molar refractivity (Wildman–Crippen MR) is 80.5 cm³/mol. The van der Waals surface area contributed by atoms with Gasteiger partial charge in [-0.3, -0.25) is 0 Å². The molecule has 1 aromatic carbocycles. The number of nitrogens with zero attached hydrogens (tertiary/aromatic N) is 2. The van der Waals surface area contributed by atoms with Crippen LogP contribution in [0.25, 0.3) is 10.9 Å². The van der Waals surface area contributed by atoms with Crippen LogP contribution in [-0.2, 0) is 0 Å². The van der Waals surface area contributed by atoms with Gasteiger partial charge in [0.05, 0.1) is 11.6 Å². The van der Waals surface area contributed by atoms with E-state index in [0.29, 0.717) is 0 Å². The third-order valence-corrected chi connectivity index (χ3v) is 3.97. The first-order valence-electron chi connectivity index (χ1n) is 6.38. The minimum absolute atomic E-state index is 0.230. The number of nitrogens with one attached hydrogen (secondary N) is 1. The molecule has 0 radical (unpaired) electrons. The van der Waals surface area contributed by atoms with Crippen molar-refractivity contribution in [1.29, 1.82) is 0 Å². The lowest BCUT2D eigenvalue weighted by molar-refractivity contribution is 0.738. The average molecular weight is 269 g/mol. The molecule has 0 fully saturated rings. The summed E-state index contributed by atoms with van der Waals surface area (Å²) in [7, 11) is 0. The van der Waals surface area contributed by atoms with Gasteiger partial charge in [0.25, 0.3) is 0 Å². The summed E-state index contributed by atoms with van der Waals surface area (Å²) in [5.74, 6) is 0.903. The summed E-state index contributed by atoms with van der Waals surface area (Å²) in [5.41, 5.74) is 1.02. The maximum atomic E-state index is 4.64. The highest BCUT2D eigenvalue weighted by Gasteiger charge is 2.12. The van der Waals surface area contributed by atoms with Crippen molar-refractivity contribution < 1.29 is 0 Å². The summed E-state index contributed by atoms with van der Waals surface area (Å²) in [4.78, 5) is 9.01. The van der Waals surface area contributed by atoms with Crippen molar-refractivity contribution >= 4 is 28.1 Å². The molecular formula is C15H15N3S. The number of pyridine rings is 1. The lowest BCUT2D eigenvalue weighted by Crippen LogP contribution is -2.10. The van der Waals surface area contributed by atoms with Crippen LogP contribution in [0.15, 0.2) is 48.0 Å². The monoisotopic (exact) mass is 269 g/mol. The number of thiazole rings is 1. The van der Waals surface area contributed by atoms with E-state index in [1.54, 1.807) is 11.3 Å². The molecule has 0 saturated carbocycles. The van der Waals surface area contributed by atoms with E-state index in [1.165, 1.54) is 0 Å². The molecule has 1 atom stereocenters. The molecule has 1 unspecified atom stereocenters. The summed E-state index contributed by atoms with van der Waals surface area (Å²) >= 11 is 1.68. The van der Waals surface area contributed by atoms with Gasteiger partial charge in [0.15, 0.2) is 0 Å². The van der Waals surface area contributed by atoms with Gasteiger partial charge >= 0.3 is 0 Å². The van der Waals surface area contributed by atoms with Gasteiger partial charge in [-0.05, 0) is 24.6 Å². The highest BCUT2D eigenvalue weighted by atomic mass is 32.1. The molecular weight excluding hydrogens is 254 g/mol. The molecule has 0 amide bonds. The summed E-state index contributed by atoms with van der Waals surface area (Å²) in [6.45, 7) is 2.15. The Morgan fingerprint density at radius 3 is 2.89 bits per heavy atom. The minimum atomic E-state index is 0.230. The Kier molecular flexibility index (Phi) is 3.42. The quantitative estimate of drug-likeness (QED) is 0.769. The second kappa shape index (κ2) is 5.36. The van der Waals surface area contributed by atoms with Crippen LogP contribution in [0.3, 0.4) is 0 Å². The first-order valence-corrected chi connectivity index (χ1v) is 7.26. The standard InChI is InChI=1S/C15H15N3S/c1-2-12(15-16-9-10-19-15)17-14-8-7-11-5-3-4-6-13(11)18-14/h3-10,12H,2H2,1H3,(H,17,18). The molecule has 0 aliphatic heterocycles. The Balaban J connectivity index is 1.88. The van der Waals surface area contributed by atoms with E-state index in [1.807, 2.05) is 35.8 Å². The second-order valence-electron chi connectivity index (χ2n) is 4.36. The largest absolute Gasteiger partial charge is 0.361 e. The van der Waals surface area contributed by atoms with Crippen molar-refractivity contribution in [3.63, 3.8) is 0 Å². The van der Waals surface area contributed by atoms with Crippen LogP contribution < -0.4 is 5.32 Å². The molecule has 3 rings (SSSR count). The number of hydrogen-bond acceptors (Lipinski definition) is 4. The molecule has 19 heavy (non-hydrogen) atoms. The van der Waals surface area contributed by atoms with Crippen molar-refractivity contribution in [3.8, 4) is 0 Å². The lowest BCUT2D eigenvalue weighted by Gasteiger charge is -2.15. The third-order valence-electron chi connectivity index (χ3n) is 3.08. The molecule has 0 aliphatic carbocycles. The first kappa shape index (κ1) is 12.1. The fraction of sp³-hybridized carbons (Fsp3) is 0.200. The molecule has 3 nitrogen and oxygen atoms in total. The number of fused-ring (bicyclic) bond motifs is 1. The van der Waals surface area contributed by atoms with Gasteiger partial charge in [-0.1, -0.05) is 25.1 Å². The van der Waals surface area contributed by atoms with E-state index in [4.69, 9.17) is 0 Å². The van der Waals surface area contributed by atoms with Crippen molar-refractivity contribution in [2.24, 2.45) is 0 Å². The van der Waals surface area contributed by atoms with E-state index in [0.717, 1.165) is 28.1 Å². The van der Waals surface area contributed by atoms with Crippen LogP contribution in [0.4, 0.5) is 5.82 Å². The molecule has 3 aromatic rings. The van der Waals surface area contributed by atoms with Gasteiger partial charge in [0.2, 0.25) is 0 Å². The lowest BCUT2D eigenvalue weighted by atomic mass is 10.2. The summed E-state index contributed by atoms with van der Waals surface area (Å²) in [6.07, 6.45) is 2.83. The zero-order chi connectivity index (χ0) is 13.1. The van der Waals surface area contributed by atoms with Crippen LogP contribution in [-0.4, -0.2) is 9.97 Å². The minimum Gasteiger partial charge on any atom is -0.361 e.